The highest BCUT2D eigenvalue weighted by Crippen LogP contribution is 2.35. The van der Waals surface area contributed by atoms with Crippen molar-refractivity contribution in [3.63, 3.8) is 0 Å². The second kappa shape index (κ2) is 15.8. The van der Waals surface area contributed by atoms with Gasteiger partial charge in [0, 0.05) is 43.6 Å². The molecule has 1 unspecified atom stereocenters. The number of nitrogens with zero attached hydrogens (tertiary/aromatic N) is 2. The highest BCUT2D eigenvalue weighted by Gasteiger charge is 2.30. The number of benzene rings is 3. The smallest absolute Gasteiger partial charge is 0.243 e. The molecule has 1 heterocycles. The van der Waals surface area contributed by atoms with Gasteiger partial charge in [-0.1, -0.05) is 67.4 Å². The van der Waals surface area contributed by atoms with Gasteiger partial charge in [-0.15, -0.1) is 0 Å². The monoisotopic (exact) mass is 641 g/mol. The van der Waals surface area contributed by atoms with Crippen LogP contribution in [0, 0.1) is 0 Å². The van der Waals surface area contributed by atoms with Gasteiger partial charge in [0.15, 0.2) is 11.5 Å². The molecule has 0 aromatic heterocycles. The van der Waals surface area contributed by atoms with Crippen LogP contribution in [0.3, 0.4) is 0 Å². The Kier molecular flexibility index (Phi) is 11.9. The fourth-order valence-corrected chi connectivity index (χ4v) is 6.12. The molecule has 0 radical (unpaired) electrons. The summed E-state index contributed by atoms with van der Waals surface area (Å²) in [7, 11) is -3.66. The summed E-state index contributed by atoms with van der Waals surface area (Å²) in [4.78, 5) is 29.2. The summed E-state index contributed by atoms with van der Waals surface area (Å²) in [6.07, 6.45) is 3.51. The summed E-state index contributed by atoms with van der Waals surface area (Å²) < 4.78 is 38.1. The van der Waals surface area contributed by atoms with Crippen molar-refractivity contribution in [1.29, 1.82) is 0 Å². The molecule has 3 aromatic carbocycles. The number of unbranched alkanes of at least 4 members (excludes halogenated alkanes) is 1. The highest BCUT2D eigenvalue weighted by atomic mass is 35.5. The van der Waals surface area contributed by atoms with Gasteiger partial charge in [-0.25, -0.2) is 8.42 Å². The average Bonchev–Trinajstić information content (AvgIpc) is 3.01. The van der Waals surface area contributed by atoms with Gasteiger partial charge < -0.3 is 19.7 Å². The Morgan fingerprint density at radius 2 is 1.64 bits per heavy atom. The van der Waals surface area contributed by atoms with Crippen LogP contribution >= 0.6 is 11.6 Å². The molecule has 0 bridgehead atoms. The zero-order valence-corrected chi connectivity index (χ0v) is 26.8. The minimum Gasteiger partial charge on any atom is -0.486 e. The van der Waals surface area contributed by atoms with Crippen molar-refractivity contribution in [2.45, 2.75) is 51.6 Å². The van der Waals surface area contributed by atoms with E-state index in [1.54, 1.807) is 35.2 Å². The fraction of sp³-hybridized carbons (Fsp3) is 0.394. The summed E-state index contributed by atoms with van der Waals surface area (Å²) in [5.74, 6) is 0.564. The van der Waals surface area contributed by atoms with E-state index >= 15 is 0 Å². The minimum atomic E-state index is -3.66. The number of amides is 2. The third-order valence-corrected chi connectivity index (χ3v) is 8.78. The van der Waals surface area contributed by atoms with Crippen LogP contribution in [0.1, 0.15) is 43.7 Å². The number of hydrogen-bond acceptors (Lipinski definition) is 6. The molecule has 11 heteroatoms. The first-order valence-corrected chi connectivity index (χ1v) is 17.1. The predicted octanol–water partition coefficient (Wildman–Crippen LogP) is 5.21. The quantitative estimate of drug-likeness (QED) is 0.228. The molecule has 1 atom stereocenters. The van der Waals surface area contributed by atoms with E-state index in [0.717, 1.165) is 30.2 Å². The van der Waals surface area contributed by atoms with E-state index in [-0.39, 0.29) is 37.7 Å². The van der Waals surface area contributed by atoms with E-state index < -0.39 is 16.1 Å². The number of fused-ring (bicyclic) bond motifs is 1. The summed E-state index contributed by atoms with van der Waals surface area (Å²) >= 11 is 6.11. The van der Waals surface area contributed by atoms with Crippen molar-refractivity contribution >= 4 is 39.1 Å². The number of nitrogens with one attached hydrogen (secondary N) is 1. The Bertz CT molecular complexity index is 1500. The maximum absolute atomic E-state index is 14.0. The van der Waals surface area contributed by atoms with Crippen LogP contribution in [0.5, 0.6) is 11.5 Å². The van der Waals surface area contributed by atoms with E-state index in [4.69, 9.17) is 21.1 Å². The number of rotatable bonds is 15. The van der Waals surface area contributed by atoms with Crippen LogP contribution < -0.4 is 19.1 Å². The van der Waals surface area contributed by atoms with Gasteiger partial charge in [0.25, 0.3) is 0 Å². The normalized spacial score (nSPS) is 13.2. The van der Waals surface area contributed by atoms with Crippen molar-refractivity contribution in [3.05, 3.63) is 88.9 Å². The van der Waals surface area contributed by atoms with Crippen molar-refractivity contribution < 1.29 is 27.5 Å². The van der Waals surface area contributed by atoms with Gasteiger partial charge in [0.1, 0.15) is 19.3 Å². The van der Waals surface area contributed by atoms with Crippen LogP contribution in [-0.4, -0.2) is 63.7 Å². The molecule has 1 aliphatic rings. The lowest BCUT2D eigenvalue weighted by Crippen LogP contribution is -2.50. The molecule has 1 aliphatic heterocycles. The minimum absolute atomic E-state index is 0.0394. The molecule has 0 saturated carbocycles. The summed E-state index contributed by atoms with van der Waals surface area (Å²) in [6.45, 7) is 3.65. The van der Waals surface area contributed by atoms with Crippen LogP contribution in [0.4, 0.5) is 5.69 Å². The molecule has 1 N–H and O–H groups in total. The number of hydrogen-bond donors (Lipinski definition) is 1. The van der Waals surface area contributed by atoms with Gasteiger partial charge in [-0.2, -0.15) is 0 Å². The van der Waals surface area contributed by atoms with Crippen LogP contribution in [0.25, 0.3) is 0 Å². The molecule has 44 heavy (non-hydrogen) atoms. The lowest BCUT2D eigenvalue weighted by molar-refractivity contribution is -0.141. The lowest BCUT2D eigenvalue weighted by atomic mass is 10.0. The maximum atomic E-state index is 14.0. The Morgan fingerprint density at radius 3 is 2.32 bits per heavy atom. The van der Waals surface area contributed by atoms with Crippen molar-refractivity contribution in [1.82, 2.24) is 10.2 Å². The standard InChI is InChI=1S/C33H40ClN3O6S/c1-3-4-18-35-33(39)29(22-25-9-6-5-7-10-25)36(24-26-12-14-27(34)15-13-26)32(38)11-8-19-37(44(2,40)41)28-16-17-30-31(23-28)43-21-20-42-30/h5-7,9-10,12-17,23,29H,3-4,8,11,18-22,24H2,1-2H3,(H,35,39). The average molecular weight is 642 g/mol. The zero-order chi connectivity index (χ0) is 31.5. The summed E-state index contributed by atoms with van der Waals surface area (Å²) in [6, 6.07) is 21.0. The Hall–Kier alpha value is -3.76. The van der Waals surface area contributed by atoms with Gasteiger partial charge in [-0.05, 0) is 48.2 Å². The Morgan fingerprint density at radius 1 is 0.932 bits per heavy atom. The SMILES string of the molecule is CCCCNC(=O)C(Cc1ccccc1)N(Cc1ccc(Cl)cc1)C(=O)CCCN(c1ccc2c(c1)OCCO2)S(C)(=O)=O. The highest BCUT2D eigenvalue weighted by molar-refractivity contribution is 7.92. The number of carbonyl (C=O) groups is 2. The Balaban J connectivity index is 1.56. The number of anilines is 1. The van der Waals surface area contributed by atoms with E-state index in [0.29, 0.717) is 48.4 Å². The molecule has 0 spiro atoms. The van der Waals surface area contributed by atoms with Crippen molar-refractivity contribution in [3.8, 4) is 11.5 Å². The summed E-state index contributed by atoms with van der Waals surface area (Å²) in [5.41, 5.74) is 2.19. The second-order valence-corrected chi connectivity index (χ2v) is 13.1. The fourth-order valence-electron chi connectivity index (χ4n) is 5.04. The second-order valence-electron chi connectivity index (χ2n) is 10.8. The molecule has 9 nitrogen and oxygen atoms in total. The largest absolute Gasteiger partial charge is 0.486 e. The number of carbonyl (C=O) groups excluding carboxylic acids is 2. The molecular weight excluding hydrogens is 602 g/mol. The lowest BCUT2D eigenvalue weighted by Gasteiger charge is -2.32. The maximum Gasteiger partial charge on any atom is 0.243 e. The molecule has 3 aromatic rings. The third kappa shape index (κ3) is 9.37. The van der Waals surface area contributed by atoms with Crippen molar-refractivity contribution in [2.24, 2.45) is 0 Å². The van der Waals surface area contributed by atoms with Crippen LogP contribution in [-0.2, 0) is 32.6 Å². The van der Waals surface area contributed by atoms with Gasteiger partial charge in [0.05, 0.1) is 11.9 Å². The van der Waals surface area contributed by atoms with E-state index in [2.05, 4.69) is 12.2 Å². The Labute approximate surface area is 265 Å². The molecule has 0 aliphatic carbocycles. The first kappa shape index (κ1) is 33.1. The van der Waals surface area contributed by atoms with Gasteiger partial charge in [0.2, 0.25) is 21.8 Å². The first-order chi connectivity index (χ1) is 21.2. The van der Waals surface area contributed by atoms with Crippen LogP contribution in [0.2, 0.25) is 5.02 Å². The van der Waals surface area contributed by atoms with E-state index in [1.807, 2.05) is 42.5 Å². The van der Waals surface area contributed by atoms with Gasteiger partial charge in [-0.3, -0.25) is 13.9 Å². The molecule has 2 amide bonds. The van der Waals surface area contributed by atoms with E-state index in [1.165, 1.54) is 4.31 Å². The molecule has 0 saturated heterocycles. The first-order valence-electron chi connectivity index (χ1n) is 14.9. The number of halogens is 1. The molecule has 236 valence electrons. The zero-order valence-electron chi connectivity index (χ0n) is 25.2. The van der Waals surface area contributed by atoms with Gasteiger partial charge >= 0.3 is 0 Å². The molecule has 4 rings (SSSR count). The molecule has 0 fully saturated rings. The number of ether oxygens (including phenoxy) is 2. The van der Waals surface area contributed by atoms with Crippen molar-refractivity contribution in [2.75, 3.05) is 36.9 Å². The topological polar surface area (TPSA) is 105 Å². The third-order valence-electron chi connectivity index (χ3n) is 7.33. The summed E-state index contributed by atoms with van der Waals surface area (Å²) in [5, 5.41) is 3.59. The van der Waals surface area contributed by atoms with Crippen LogP contribution in [0.15, 0.2) is 72.8 Å². The number of sulfonamides is 1. The molecular formula is C33H40ClN3O6S. The van der Waals surface area contributed by atoms with E-state index in [9.17, 15) is 18.0 Å². The predicted molar refractivity (Wildman–Crippen MR) is 173 cm³/mol.